The van der Waals surface area contributed by atoms with Gasteiger partial charge in [-0.25, -0.2) is 13.2 Å². The summed E-state index contributed by atoms with van der Waals surface area (Å²) in [6.45, 7) is 2.13. The lowest BCUT2D eigenvalue weighted by Gasteiger charge is -2.05. The van der Waals surface area contributed by atoms with Crippen LogP contribution in [0.3, 0.4) is 0 Å². The first-order valence-electron chi connectivity index (χ1n) is 10.2. The minimum Gasteiger partial charge on any atom is -0.206 e. The highest BCUT2D eigenvalue weighted by atomic mass is 32.1. The number of hydrogen-bond donors (Lipinski definition) is 0. The van der Waals surface area contributed by atoms with Gasteiger partial charge in [-0.3, -0.25) is 0 Å². The molecule has 3 rings (SSSR count). The lowest BCUT2D eigenvalue weighted by atomic mass is 10.0. The predicted octanol–water partition coefficient (Wildman–Crippen LogP) is 8.22. The molecule has 3 aromatic carbocycles. The number of isothiocyanates is 1. The molecule has 0 aliphatic heterocycles. The molecule has 0 N–H and O–H groups in total. The third-order valence-electron chi connectivity index (χ3n) is 4.74. The molecule has 0 saturated carbocycles. The van der Waals surface area contributed by atoms with Crippen molar-refractivity contribution in [2.75, 3.05) is 0 Å². The Kier molecular flexibility index (Phi) is 8.16. The van der Waals surface area contributed by atoms with E-state index in [2.05, 4.69) is 36.0 Å². The van der Waals surface area contributed by atoms with E-state index in [9.17, 15) is 13.2 Å². The average Bonchev–Trinajstić information content (AvgIpc) is 2.78. The van der Waals surface area contributed by atoms with E-state index in [1.807, 2.05) is 29.4 Å². The van der Waals surface area contributed by atoms with Gasteiger partial charge in [0, 0.05) is 17.5 Å². The second-order valence-corrected chi connectivity index (χ2v) is 7.27. The zero-order valence-electron chi connectivity index (χ0n) is 17.5. The second-order valence-electron chi connectivity index (χ2n) is 7.09. The molecule has 0 aliphatic carbocycles. The molecular formula is C27H20F3NS. The van der Waals surface area contributed by atoms with Crippen LogP contribution in [0.1, 0.15) is 42.9 Å². The highest BCUT2D eigenvalue weighted by Gasteiger charge is 2.09. The molecule has 1 nitrogen and oxygen atoms in total. The van der Waals surface area contributed by atoms with Gasteiger partial charge in [0.2, 0.25) is 0 Å². The highest BCUT2D eigenvalue weighted by molar-refractivity contribution is 7.78. The molecule has 0 aromatic heterocycles. The summed E-state index contributed by atoms with van der Waals surface area (Å²) in [5, 5.41) is 1.95. The third-order valence-corrected chi connectivity index (χ3v) is 4.83. The van der Waals surface area contributed by atoms with Crippen molar-refractivity contribution in [3.05, 3.63) is 88.7 Å². The summed E-state index contributed by atoms with van der Waals surface area (Å²) in [6, 6.07) is 14.5. The van der Waals surface area contributed by atoms with Crippen LogP contribution in [-0.4, -0.2) is 5.16 Å². The number of rotatable bonds is 6. The first-order chi connectivity index (χ1) is 15.5. The van der Waals surface area contributed by atoms with Crippen molar-refractivity contribution in [1.29, 1.82) is 0 Å². The molecule has 0 bridgehead atoms. The summed E-state index contributed by atoms with van der Waals surface area (Å²) in [5.41, 5.74) is 2.47. The van der Waals surface area contributed by atoms with Crippen LogP contribution in [0, 0.1) is 29.3 Å². The summed E-state index contributed by atoms with van der Waals surface area (Å²) in [7, 11) is 0. The maximum absolute atomic E-state index is 14.7. The molecule has 0 atom stereocenters. The Morgan fingerprint density at radius 3 is 2.16 bits per heavy atom. The van der Waals surface area contributed by atoms with E-state index >= 15 is 0 Å². The van der Waals surface area contributed by atoms with E-state index < -0.39 is 23.1 Å². The zero-order chi connectivity index (χ0) is 22.9. The first kappa shape index (κ1) is 23.2. The van der Waals surface area contributed by atoms with Crippen LogP contribution in [0.15, 0.2) is 59.6 Å². The van der Waals surface area contributed by atoms with Crippen LogP contribution >= 0.6 is 12.2 Å². The largest absolute Gasteiger partial charge is 0.206 e. The molecule has 160 valence electrons. The normalized spacial score (nSPS) is 10.5. The van der Waals surface area contributed by atoms with Crippen LogP contribution < -0.4 is 0 Å². The molecule has 3 aromatic rings. The lowest BCUT2D eigenvalue weighted by Crippen LogP contribution is -1.87. The van der Waals surface area contributed by atoms with E-state index in [1.165, 1.54) is 12.1 Å². The summed E-state index contributed by atoms with van der Waals surface area (Å²) >= 11 is 4.39. The van der Waals surface area contributed by atoms with E-state index in [1.54, 1.807) is 18.2 Å². The van der Waals surface area contributed by atoms with Gasteiger partial charge in [0.05, 0.1) is 5.16 Å². The molecule has 0 spiro atoms. The van der Waals surface area contributed by atoms with Crippen LogP contribution in [0.2, 0.25) is 0 Å². The number of aliphatic imine (C=N–C) groups is 1. The molecule has 0 fully saturated rings. The summed E-state index contributed by atoms with van der Waals surface area (Å²) < 4.78 is 42.6. The number of halogens is 3. The van der Waals surface area contributed by atoms with Crippen molar-refractivity contribution in [2.24, 2.45) is 4.99 Å². The fourth-order valence-corrected chi connectivity index (χ4v) is 3.15. The Labute approximate surface area is 191 Å². The highest BCUT2D eigenvalue weighted by Crippen LogP contribution is 2.26. The van der Waals surface area contributed by atoms with Crippen LogP contribution in [0.25, 0.3) is 23.3 Å². The van der Waals surface area contributed by atoms with Gasteiger partial charge in [-0.1, -0.05) is 61.6 Å². The molecule has 0 saturated heterocycles. The van der Waals surface area contributed by atoms with Crippen molar-refractivity contribution in [3.8, 4) is 23.0 Å². The molecule has 0 amide bonds. The van der Waals surface area contributed by atoms with Crippen molar-refractivity contribution in [3.63, 3.8) is 0 Å². The minimum absolute atomic E-state index is 0.281. The fraction of sp³-hybridized carbons (Fsp3) is 0.148. The first-order valence-corrected chi connectivity index (χ1v) is 10.6. The van der Waals surface area contributed by atoms with Crippen LogP contribution in [0.4, 0.5) is 18.9 Å². The van der Waals surface area contributed by atoms with E-state index in [4.69, 9.17) is 0 Å². The Morgan fingerprint density at radius 1 is 0.875 bits per heavy atom. The zero-order valence-corrected chi connectivity index (χ0v) is 18.3. The van der Waals surface area contributed by atoms with Crippen LogP contribution in [-0.2, 0) is 0 Å². The topological polar surface area (TPSA) is 12.4 Å². The fourth-order valence-electron chi connectivity index (χ4n) is 3.06. The average molecular weight is 448 g/mol. The third kappa shape index (κ3) is 6.04. The monoisotopic (exact) mass is 447 g/mol. The van der Waals surface area contributed by atoms with Crippen molar-refractivity contribution >= 4 is 35.2 Å². The smallest absolute Gasteiger partial charge is 0.153 e. The van der Waals surface area contributed by atoms with E-state index in [-0.39, 0.29) is 5.56 Å². The van der Waals surface area contributed by atoms with Gasteiger partial charge in [-0.15, -0.1) is 0 Å². The second kappa shape index (κ2) is 11.2. The maximum Gasteiger partial charge on any atom is 0.153 e. The number of benzene rings is 3. The molecule has 0 radical (unpaired) electrons. The predicted molar refractivity (Wildman–Crippen MR) is 128 cm³/mol. The Bertz CT molecular complexity index is 1220. The quantitative estimate of drug-likeness (QED) is 0.122. The lowest BCUT2D eigenvalue weighted by molar-refractivity contribution is 0.587. The Balaban J connectivity index is 1.77. The SMILES string of the molecule is CCCCC#Cc1ccc(-c2ccc(/C=C/c3cc(F)c(N=C=S)c(F)c3)cc2F)cc1. The van der Waals surface area contributed by atoms with E-state index in [0.29, 0.717) is 11.1 Å². The molecule has 32 heavy (non-hydrogen) atoms. The van der Waals surface area contributed by atoms with Gasteiger partial charge >= 0.3 is 0 Å². The maximum atomic E-state index is 14.7. The molecule has 0 aliphatic rings. The molecular weight excluding hydrogens is 427 g/mol. The Morgan fingerprint density at radius 2 is 1.53 bits per heavy atom. The van der Waals surface area contributed by atoms with Crippen molar-refractivity contribution < 1.29 is 13.2 Å². The van der Waals surface area contributed by atoms with E-state index in [0.717, 1.165) is 42.5 Å². The van der Waals surface area contributed by atoms with Gasteiger partial charge in [0.1, 0.15) is 11.5 Å². The number of thiocarbonyl (C=S) groups is 1. The molecule has 5 heteroatoms. The van der Waals surface area contributed by atoms with Gasteiger partial charge in [0.15, 0.2) is 11.6 Å². The number of unbranched alkanes of at least 4 members (excludes halogenated alkanes) is 2. The molecule has 0 heterocycles. The standard InChI is InChI=1S/C27H20F3NS/c1-2-3-4-5-6-19-9-12-22(13-10-19)23-14-11-20(15-24(23)28)7-8-21-16-25(29)27(31-18-32)26(30)17-21/h7-17H,2-4H2,1H3/b8-7+. The minimum atomic E-state index is -0.845. The van der Waals surface area contributed by atoms with Crippen LogP contribution in [0.5, 0.6) is 0 Å². The van der Waals surface area contributed by atoms with Gasteiger partial charge in [-0.05, 0) is 65.7 Å². The number of hydrogen-bond acceptors (Lipinski definition) is 2. The Hall–Kier alpha value is -3.45. The summed E-state index contributed by atoms with van der Waals surface area (Å²) in [4.78, 5) is 3.38. The van der Waals surface area contributed by atoms with Crippen molar-refractivity contribution in [1.82, 2.24) is 0 Å². The summed E-state index contributed by atoms with van der Waals surface area (Å²) in [6.07, 6.45) is 6.14. The van der Waals surface area contributed by atoms with Crippen molar-refractivity contribution in [2.45, 2.75) is 26.2 Å². The van der Waals surface area contributed by atoms with Gasteiger partial charge < -0.3 is 0 Å². The molecule has 0 unspecified atom stereocenters. The summed E-state index contributed by atoms with van der Waals surface area (Å²) in [5.74, 6) is 4.16. The van der Waals surface area contributed by atoms with Gasteiger partial charge in [0.25, 0.3) is 0 Å². The van der Waals surface area contributed by atoms with Gasteiger partial charge in [-0.2, -0.15) is 4.99 Å². The number of nitrogens with zero attached hydrogens (tertiary/aromatic N) is 1.